The predicted molar refractivity (Wildman–Crippen MR) is 122 cm³/mol. The number of sulfonamides is 1. The first-order chi connectivity index (χ1) is 15.8. The van der Waals surface area contributed by atoms with Crippen LogP contribution in [0.5, 0.6) is 0 Å². The second-order valence-electron chi connectivity index (χ2n) is 8.75. The molecular formula is C24H25N3O5S. The molecule has 0 bridgehead atoms. The van der Waals surface area contributed by atoms with Crippen LogP contribution in [-0.4, -0.2) is 50.2 Å². The maximum absolute atomic E-state index is 12.9. The van der Waals surface area contributed by atoms with Gasteiger partial charge in [0.15, 0.2) is 0 Å². The molecule has 2 aromatic carbocycles. The molecule has 0 radical (unpaired) electrons. The zero-order chi connectivity index (χ0) is 23.2. The zero-order valence-electron chi connectivity index (χ0n) is 18.1. The molecule has 2 aromatic rings. The van der Waals surface area contributed by atoms with Crippen molar-refractivity contribution in [1.82, 2.24) is 9.62 Å². The predicted octanol–water partition coefficient (Wildman–Crippen LogP) is 2.48. The molecule has 0 unspecified atom stereocenters. The number of amides is 3. The molecule has 2 aliphatic heterocycles. The van der Waals surface area contributed by atoms with Gasteiger partial charge in [-0.25, -0.2) is 13.1 Å². The summed E-state index contributed by atoms with van der Waals surface area (Å²) in [6.07, 6.45) is 4.36. The first-order valence-corrected chi connectivity index (χ1v) is 12.7. The van der Waals surface area contributed by atoms with Gasteiger partial charge in [-0.15, -0.1) is 0 Å². The monoisotopic (exact) mass is 467 g/mol. The van der Waals surface area contributed by atoms with Gasteiger partial charge in [0.05, 0.1) is 16.0 Å². The number of nitrogens with one attached hydrogen (secondary N) is 1. The number of imide groups is 1. The Kier molecular flexibility index (Phi) is 5.54. The maximum Gasteiger partial charge on any atom is 0.261 e. The number of anilines is 1. The molecule has 1 N–H and O–H groups in total. The lowest BCUT2D eigenvalue weighted by atomic mass is 10.1. The van der Waals surface area contributed by atoms with E-state index in [1.807, 2.05) is 0 Å². The highest BCUT2D eigenvalue weighted by atomic mass is 32.2. The highest BCUT2D eigenvalue weighted by Crippen LogP contribution is 2.31. The van der Waals surface area contributed by atoms with Crippen LogP contribution in [-0.2, 0) is 21.2 Å². The summed E-state index contributed by atoms with van der Waals surface area (Å²) in [6.45, 7) is 0.449. The van der Waals surface area contributed by atoms with E-state index in [4.69, 9.17) is 0 Å². The van der Waals surface area contributed by atoms with Crippen molar-refractivity contribution in [1.29, 1.82) is 0 Å². The molecule has 0 atom stereocenters. The number of rotatable bonds is 6. The van der Waals surface area contributed by atoms with Gasteiger partial charge in [-0.3, -0.25) is 19.3 Å². The summed E-state index contributed by atoms with van der Waals surface area (Å²) < 4.78 is 28.3. The van der Waals surface area contributed by atoms with Crippen LogP contribution in [0.15, 0.2) is 47.4 Å². The van der Waals surface area contributed by atoms with Gasteiger partial charge < -0.3 is 4.90 Å². The molecule has 0 spiro atoms. The van der Waals surface area contributed by atoms with E-state index in [0.717, 1.165) is 36.1 Å². The molecule has 9 heteroatoms. The Morgan fingerprint density at radius 3 is 2.33 bits per heavy atom. The quantitative estimate of drug-likeness (QED) is 0.658. The van der Waals surface area contributed by atoms with Gasteiger partial charge in [-0.05, 0) is 55.2 Å². The third-order valence-electron chi connectivity index (χ3n) is 6.66. The highest BCUT2D eigenvalue weighted by Gasteiger charge is 2.36. The van der Waals surface area contributed by atoms with Crippen LogP contribution < -0.4 is 9.62 Å². The van der Waals surface area contributed by atoms with Crippen LogP contribution in [0.4, 0.5) is 5.69 Å². The van der Waals surface area contributed by atoms with Gasteiger partial charge in [-0.1, -0.05) is 25.0 Å². The fourth-order valence-electron chi connectivity index (χ4n) is 4.92. The normalized spacial score (nSPS) is 18.2. The lowest BCUT2D eigenvalue weighted by molar-refractivity contribution is -0.118. The SMILES string of the molecule is O=C1c2ccccc2C(=O)N1CCC(=O)N1CCc2cc(S(=O)(=O)NC3CCCC3)ccc21. The lowest BCUT2D eigenvalue weighted by Crippen LogP contribution is -2.36. The number of carbonyl (C=O) groups excluding carboxylic acids is 3. The minimum Gasteiger partial charge on any atom is -0.312 e. The minimum absolute atomic E-state index is 0.00813. The van der Waals surface area contributed by atoms with Gasteiger partial charge in [0, 0.05) is 31.2 Å². The van der Waals surface area contributed by atoms with Gasteiger partial charge in [-0.2, -0.15) is 0 Å². The number of hydrogen-bond acceptors (Lipinski definition) is 5. The Labute approximate surface area is 192 Å². The molecular weight excluding hydrogens is 442 g/mol. The summed E-state index contributed by atoms with van der Waals surface area (Å²) in [4.78, 5) is 40.9. The third-order valence-corrected chi connectivity index (χ3v) is 8.18. The summed E-state index contributed by atoms with van der Waals surface area (Å²) in [5.74, 6) is -0.963. The summed E-state index contributed by atoms with van der Waals surface area (Å²) in [5, 5.41) is 0. The average molecular weight is 468 g/mol. The van der Waals surface area contributed by atoms with Crippen LogP contribution in [0.3, 0.4) is 0 Å². The molecule has 3 aliphatic rings. The Morgan fingerprint density at radius 1 is 1.00 bits per heavy atom. The molecule has 172 valence electrons. The van der Waals surface area contributed by atoms with E-state index in [2.05, 4.69) is 4.72 Å². The van der Waals surface area contributed by atoms with Crippen molar-refractivity contribution < 1.29 is 22.8 Å². The van der Waals surface area contributed by atoms with Crippen molar-refractivity contribution in [3.05, 3.63) is 59.2 Å². The Hall–Kier alpha value is -3.04. The van der Waals surface area contributed by atoms with E-state index in [0.29, 0.717) is 29.8 Å². The molecule has 1 saturated carbocycles. The maximum atomic E-state index is 12.9. The summed E-state index contributed by atoms with van der Waals surface area (Å²) in [7, 11) is -3.60. The first kappa shape index (κ1) is 21.8. The minimum atomic E-state index is -3.60. The fraction of sp³-hybridized carbons (Fsp3) is 0.375. The van der Waals surface area contributed by atoms with Crippen molar-refractivity contribution >= 4 is 33.4 Å². The van der Waals surface area contributed by atoms with Gasteiger partial charge in [0.1, 0.15) is 0 Å². The largest absolute Gasteiger partial charge is 0.312 e. The van der Waals surface area contributed by atoms with Gasteiger partial charge in [0.25, 0.3) is 11.8 Å². The van der Waals surface area contributed by atoms with E-state index in [9.17, 15) is 22.8 Å². The molecule has 5 rings (SSSR count). The summed E-state index contributed by atoms with van der Waals surface area (Å²) in [6, 6.07) is 11.5. The van der Waals surface area contributed by atoms with Gasteiger partial charge in [0.2, 0.25) is 15.9 Å². The van der Waals surface area contributed by atoms with Crippen molar-refractivity contribution in [2.45, 2.75) is 49.5 Å². The molecule has 1 aliphatic carbocycles. The molecule has 0 aromatic heterocycles. The highest BCUT2D eigenvalue weighted by molar-refractivity contribution is 7.89. The lowest BCUT2D eigenvalue weighted by Gasteiger charge is -2.20. The summed E-state index contributed by atoms with van der Waals surface area (Å²) >= 11 is 0. The van der Waals surface area contributed by atoms with Crippen LogP contribution in [0.25, 0.3) is 0 Å². The van der Waals surface area contributed by atoms with Crippen LogP contribution in [0, 0.1) is 0 Å². The summed E-state index contributed by atoms with van der Waals surface area (Å²) in [5.41, 5.74) is 2.21. The number of hydrogen-bond donors (Lipinski definition) is 1. The molecule has 1 fully saturated rings. The van der Waals surface area contributed by atoms with Gasteiger partial charge >= 0.3 is 0 Å². The van der Waals surface area contributed by atoms with Crippen molar-refractivity contribution in [2.75, 3.05) is 18.0 Å². The van der Waals surface area contributed by atoms with E-state index in [1.54, 1.807) is 41.3 Å². The Balaban J connectivity index is 1.26. The van der Waals surface area contributed by atoms with E-state index < -0.39 is 10.0 Å². The number of nitrogens with zero attached hydrogens (tertiary/aromatic N) is 2. The van der Waals surface area contributed by atoms with E-state index in [-0.39, 0.29) is 41.6 Å². The smallest absolute Gasteiger partial charge is 0.261 e. The van der Waals surface area contributed by atoms with E-state index in [1.165, 1.54) is 6.07 Å². The second kappa shape index (κ2) is 8.39. The van der Waals surface area contributed by atoms with Crippen molar-refractivity contribution in [2.24, 2.45) is 0 Å². The number of fused-ring (bicyclic) bond motifs is 2. The molecule has 33 heavy (non-hydrogen) atoms. The first-order valence-electron chi connectivity index (χ1n) is 11.3. The Bertz CT molecular complexity index is 1220. The average Bonchev–Trinajstić information content (AvgIpc) is 3.52. The van der Waals surface area contributed by atoms with Crippen LogP contribution >= 0.6 is 0 Å². The Morgan fingerprint density at radius 2 is 1.67 bits per heavy atom. The topological polar surface area (TPSA) is 104 Å². The molecule has 0 saturated heterocycles. The fourth-order valence-corrected chi connectivity index (χ4v) is 6.28. The molecule has 2 heterocycles. The molecule has 3 amide bonds. The van der Waals surface area contributed by atoms with Crippen LogP contribution in [0.1, 0.15) is 58.4 Å². The number of carbonyl (C=O) groups is 3. The van der Waals surface area contributed by atoms with Crippen molar-refractivity contribution in [3.8, 4) is 0 Å². The number of benzene rings is 2. The third kappa shape index (κ3) is 3.95. The second-order valence-corrected chi connectivity index (χ2v) is 10.5. The van der Waals surface area contributed by atoms with Crippen molar-refractivity contribution in [3.63, 3.8) is 0 Å². The molecule has 8 nitrogen and oxygen atoms in total. The zero-order valence-corrected chi connectivity index (χ0v) is 18.9. The van der Waals surface area contributed by atoms with E-state index >= 15 is 0 Å². The van der Waals surface area contributed by atoms with Crippen LogP contribution in [0.2, 0.25) is 0 Å². The standard InChI is InChI=1S/C24H25N3O5S/c28-22(12-14-27-23(29)19-7-3-4-8-20(19)24(27)30)26-13-11-16-15-18(9-10-21(16)26)33(31,32)25-17-5-1-2-6-17/h3-4,7-10,15,17,25H,1-2,5-6,11-14H2.